The van der Waals surface area contributed by atoms with Crippen molar-refractivity contribution in [3.8, 4) is 0 Å². The number of rotatable bonds is 5. The predicted molar refractivity (Wildman–Crippen MR) is 105 cm³/mol. The van der Waals surface area contributed by atoms with Gasteiger partial charge in [-0.05, 0) is 37.5 Å². The number of carbonyl (C=O) groups is 3. The SMILES string of the molecule is CC(=O)Nc1cc(NC(C)=O)cc(C(=O)Nc2nc(N3CCCCC3)n[nH]2)c1. The minimum atomic E-state index is -0.444. The van der Waals surface area contributed by atoms with Crippen LogP contribution in [0.1, 0.15) is 43.5 Å². The summed E-state index contributed by atoms with van der Waals surface area (Å²) in [5, 5.41) is 14.8. The summed E-state index contributed by atoms with van der Waals surface area (Å²) in [6.07, 6.45) is 3.39. The summed E-state index contributed by atoms with van der Waals surface area (Å²) in [6, 6.07) is 4.61. The molecule has 10 heteroatoms. The van der Waals surface area contributed by atoms with Crippen LogP contribution in [0.2, 0.25) is 0 Å². The van der Waals surface area contributed by atoms with Crippen LogP contribution in [0.3, 0.4) is 0 Å². The fourth-order valence-electron chi connectivity index (χ4n) is 3.03. The lowest BCUT2D eigenvalue weighted by atomic mass is 10.1. The zero-order chi connectivity index (χ0) is 20.1. The van der Waals surface area contributed by atoms with Crippen LogP contribution in [-0.2, 0) is 9.59 Å². The molecule has 28 heavy (non-hydrogen) atoms. The first-order chi connectivity index (χ1) is 13.4. The molecule has 0 bridgehead atoms. The van der Waals surface area contributed by atoms with Crippen molar-refractivity contribution in [3.63, 3.8) is 0 Å². The fourth-order valence-corrected chi connectivity index (χ4v) is 3.03. The molecule has 2 heterocycles. The Kier molecular flexibility index (Phi) is 5.87. The van der Waals surface area contributed by atoms with E-state index in [0.717, 1.165) is 25.9 Å². The lowest BCUT2D eigenvalue weighted by Crippen LogP contribution is -2.30. The van der Waals surface area contributed by atoms with Gasteiger partial charge in [0.05, 0.1) is 0 Å². The van der Waals surface area contributed by atoms with Crippen LogP contribution in [0, 0.1) is 0 Å². The second-order valence-corrected chi connectivity index (χ2v) is 6.65. The number of H-pyrrole nitrogens is 1. The van der Waals surface area contributed by atoms with E-state index in [1.54, 1.807) is 6.07 Å². The number of benzene rings is 1. The van der Waals surface area contributed by atoms with E-state index < -0.39 is 5.91 Å². The third-order valence-corrected chi connectivity index (χ3v) is 4.18. The van der Waals surface area contributed by atoms with Gasteiger partial charge in [0.2, 0.25) is 23.7 Å². The third-order valence-electron chi connectivity index (χ3n) is 4.18. The predicted octanol–water partition coefficient (Wildman–Crippen LogP) is 1.96. The van der Waals surface area contributed by atoms with Gasteiger partial charge in [0.25, 0.3) is 5.91 Å². The van der Waals surface area contributed by atoms with Crippen molar-refractivity contribution in [2.24, 2.45) is 0 Å². The highest BCUT2D eigenvalue weighted by molar-refractivity contribution is 6.06. The Morgan fingerprint density at radius 2 is 1.54 bits per heavy atom. The number of nitrogens with one attached hydrogen (secondary N) is 4. The molecule has 0 atom stereocenters. The molecule has 10 nitrogen and oxygen atoms in total. The Morgan fingerprint density at radius 1 is 0.929 bits per heavy atom. The van der Waals surface area contributed by atoms with Crippen LogP contribution < -0.4 is 20.9 Å². The number of amides is 3. The van der Waals surface area contributed by atoms with Gasteiger partial charge in [0.1, 0.15) is 0 Å². The minimum Gasteiger partial charge on any atom is -0.340 e. The van der Waals surface area contributed by atoms with Gasteiger partial charge in [-0.25, -0.2) is 5.10 Å². The molecular formula is C18H23N7O3. The van der Waals surface area contributed by atoms with E-state index in [-0.39, 0.29) is 23.3 Å². The largest absolute Gasteiger partial charge is 0.340 e. The Morgan fingerprint density at radius 3 is 2.11 bits per heavy atom. The summed E-state index contributed by atoms with van der Waals surface area (Å²) < 4.78 is 0. The number of hydrogen-bond acceptors (Lipinski definition) is 6. The maximum atomic E-state index is 12.6. The van der Waals surface area contributed by atoms with Crippen molar-refractivity contribution in [1.82, 2.24) is 15.2 Å². The molecule has 1 fully saturated rings. The van der Waals surface area contributed by atoms with E-state index in [1.807, 2.05) is 0 Å². The molecule has 1 aromatic heterocycles. The van der Waals surface area contributed by atoms with E-state index >= 15 is 0 Å². The Bertz CT molecular complexity index is 853. The van der Waals surface area contributed by atoms with E-state index in [9.17, 15) is 14.4 Å². The minimum absolute atomic E-state index is 0.233. The van der Waals surface area contributed by atoms with Gasteiger partial charge in [0.15, 0.2) is 0 Å². The summed E-state index contributed by atoms with van der Waals surface area (Å²) in [7, 11) is 0. The summed E-state index contributed by atoms with van der Waals surface area (Å²) in [6.45, 7) is 4.51. The highest BCUT2D eigenvalue weighted by Gasteiger charge is 2.17. The molecule has 1 aromatic carbocycles. The Hall–Kier alpha value is -3.43. The first-order valence-corrected chi connectivity index (χ1v) is 9.09. The van der Waals surface area contributed by atoms with E-state index in [2.05, 4.69) is 36.0 Å². The van der Waals surface area contributed by atoms with Crippen LogP contribution in [0.4, 0.5) is 23.3 Å². The molecule has 2 aromatic rings. The molecule has 0 unspecified atom stereocenters. The van der Waals surface area contributed by atoms with E-state index in [4.69, 9.17) is 0 Å². The second kappa shape index (κ2) is 8.51. The second-order valence-electron chi connectivity index (χ2n) is 6.65. The maximum absolute atomic E-state index is 12.6. The van der Waals surface area contributed by atoms with Crippen molar-refractivity contribution in [1.29, 1.82) is 0 Å². The number of piperidine rings is 1. The Balaban J connectivity index is 1.76. The van der Waals surface area contributed by atoms with Crippen molar-refractivity contribution < 1.29 is 14.4 Å². The monoisotopic (exact) mass is 385 g/mol. The van der Waals surface area contributed by atoms with Gasteiger partial charge in [-0.15, -0.1) is 5.10 Å². The van der Waals surface area contributed by atoms with Crippen molar-refractivity contribution in [3.05, 3.63) is 23.8 Å². The van der Waals surface area contributed by atoms with Gasteiger partial charge in [-0.2, -0.15) is 4.98 Å². The summed E-state index contributed by atoms with van der Waals surface area (Å²) in [4.78, 5) is 41.7. The topological polar surface area (TPSA) is 132 Å². The molecule has 4 N–H and O–H groups in total. The zero-order valence-corrected chi connectivity index (χ0v) is 15.8. The first kappa shape index (κ1) is 19.3. The van der Waals surface area contributed by atoms with E-state index in [0.29, 0.717) is 17.3 Å². The molecule has 1 saturated heterocycles. The van der Waals surface area contributed by atoms with E-state index in [1.165, 1.54) is 32.4 Å². The van der Waals surface area contributed by atoms with Crippen LogP contribution in [-0.4, -0.2) is 46.0 Å². The molecule has 0 saturated carbocycles. The number of anilines is 4. The fraction of sp³-hybridized carbons (Fsp3) is 0.389. The van der Waals surface area contributed by atoms with Crippen molar-refractivity contribution >= 4 is 41.0 Å². The molecular weight excluding hydrogens is 362 g/mol. The molecule has 3 amide bonds. The molecule has 0 spiro atoms. The average molecular weight is 385 g/mol. The zero-order valence-electron chi connectivity index (χ0n) is 15.8. The molecule has 1 aliphatic heterocycles. The van der Waals surface area contributed by atoms with Crippen molar-refractivity contribution in [2.75, 3.05) is 33.9 Å². The van der Waals surface area contributed by atoms with Gasteiger partial charge in [0, 0.05) is 43.9 Å². The molecule has 1 aliphatic rings. The Labute approximate surface area is 162 Å². The quantitative estimate of drug-likeness (QED) is 0.622. The number of hydrogen-bond donors (Lipinski definition) is 4. The average Bonchev–Trinajstić information content (AvgIpc) is 3.09. The van der Waals surface area contributed by atoms with Gasteiger partial charge >= 0.3 is 0 Å². The highest BCUT2D eigenvalue weighted by atomic mass is 16.2. The van der Waals surface area contributed by atoms with Crippen molar-refractivity contribution in [2.45, 2.75) is 33.1 Å². The van der Waals surface area contributed by atoms with Gasteiger partial charge in [-0.3, -0.25) is 19.7 Å². The summed E-state index contributed by atoms with van der Waals surface area (Å²) >= 11 is 0. The number of carbonyl (C=O) groups excluding carboxylic acids is 3. The molecule has 3 rings (SSSR count). The lowest BCUT2D eigenvalue weighted by Gasteiger charge is -2.24. The van der Waals surface area contributed by atoms with Crippen LogP contribution in [0.15, 0.2) is 18.2 Å². The standard InChI is InChI=1S/C18H23N7O3/c1-11(26)19-14-8-13(9-15(10-14)20-12(2)27)16(28)21-17-22-18(24-23-17)25-6-4-3-5-7-25/h8-10H,3-7H2,1-2H3,(H,19,26)(H,20,27)(H2,21,22,23,24,28). The maximum Gasteiger partial charge on any atom is 0.258 e. The van der Waals surface area contributed by atoms with Crippen LogP contribution in [0.5, 0.6) is 0 Å². The summed E-state index contributed by atoms with van der Waals surface area (Å²) in [5.74, 6) is -0.224. The number of aromatic nitrogens is 3. The van der Waals surface area contributed by atoms with Gasteiger partial charge < -0.3 is 15.5 Å². The smallest absolute Gasteiger partial charge is 0.258 e. The first-order valence-electron chi connectivity index (χ1n) is 9.09. The highest BCUT2D eigenvalue weighted by Crippen LogP contribution is 2.21. The number of nitrogens with zero attached hydrogens (tertiary/aromatic N) is 3. The van der Waals surface area contributed by atoms with Crippen LogP contribution >= 0.6 is 0 Å². The lowest BCUT2D eigenvalue weighted by molar-refractivity contribution is -0.115. The number of aromatic amines is 1. The molecule has 148 valence electrons. The molecule has 0 aliphatic carbocycles. The normalized spacial score (nSPS) is 13.7. The molecule has 0 radical (unpaired) electrons. The summed E-state index contributed by atoms with van der Waals surface area (Å²) in [5.41, 5.74) is 1.05. The van der Waals surface area contributed by atoms with Gasteiger partial charge in [-0.1, -0.05) is 0 Å². The third kappa shape index (κ3) is 5.06. The van der Waals surface area contributed by atoms with Crippen LogP contribution in [0.25, 0.3) is 0 Å².